The van der Waals surface area contributed by atoms with Crippen molar-refractivity contribution in [2.75, 3.05) is 12.0 Å². The van der Waals surface area contributed by atoms with Gasteiger partial charge in [-0.15, -0.1) is 0 Å². The highest BCUT2D eigenvalue weighted by atomic mass is 32.2. The van der Waals surface area contributed by atoms with Crippen molar-refractivity contribution in [1.82, 2.24) is 5.32 Å². The van der Waals surface area contributed by atoms with E-state index >= 15 is 0 Å². The van der Waals surface area contributed by atoms with Gasteiger partial charge in [0.25, 0.3) is 0 Å². The monoisotopic (exact) mass is 301 g/mol. The van der Waals surface area contributed by atoms with Crippen molar-refractivity contribution in [3.63, 3.8) is 0 Å². The summed E-state index contributed by atoms with van der Waals surface area (Å²) in [5, 5.41) is 3.67. The molecule has 0 bridgehead atoms. The van der Waals surface area contributed by atoms with Gasteiger partial charge in [-0.3, -0.25) is 4.21 Å². The molecule has 3 heteroatoms. The molecule has 2 rings (SSSR count). The van der Waals surface area contributed by atoms with Crippen molar-refractivity contribution in [1.29, 1.82) is 0 Å². The van der Waals surface area contributed by atoms with E-state index in [9.17, 15) is 4.21 Å². The Kier molecular flexibility index (Phi) is 6.15. The molecule has 0 amide bonds. The summed E-state index contributed by atoms with van der Waals surface area (Å²) in [5.74, 6) is 0.741. The molecule has 2 unspecified atom stereocenters. The van der Waals surface area contributed by atoms with Crippen LogP contribution in [0.2, 0.25) is 0 Å². The number of hydrogen-bond acceptors (Lipinski definition) is 2. The van der Waals surface area contributed by atoms with Gasteiger partial charge in [-0.05, 0) is 24.5 Å². The Balaban J connectivity index is 2.15. The highest BCUT2D eigenvalue weighted by Crippen LogP contribution is 2.22. The predicted molar refractivity (Wildman–Crippen MR) is 90.9 cm³/mol. The Morgan fingerprint density at radius 2 is 1.43 bits per heavy atom. The molecule has 0 aromatic heterocycles. The normalized spacial score (nSPS) is 14.0. The topological polar surface area (TPSA) is 29.1 Å². The third kappa shape index (κ3) is 5.10. The molecule has 0 spiro atoms. The molecule has 2 aromatic carbocycles. The standard InChI is InChI=1S/C18H23NOS/c1-15(13-14-21(2)20)19-18(16-9-5-3-6-10-16)17-11-7-4-8-12-17/h3-12,15,18-19H,13-14H2,1-2H3. The first-order chi connectivity index (χ1) is 10.2. The number of rotatable bonds is 7. The first kappa shape index (κ1) is 15.9. The molecule has 21 heavy (non-hydrogen) atoms. The summed E-state index contributed by atoms with van der Waals surface area (Å²) in [5.41, 5.74) is 2.52. The van der Waals surface area contributed by atoms with Gasteiger partial charge >= 0.3 is 0 Å². The van der Waals surface area contributed by atoms with E-state index in [4.69, 9.17) is 0 Å². The van der Waals surface area contributed by atoms with Gasteiger partial charge in [0.2, 0.25) is 0 Å². The van der Waals surface area contributed by atoms with Crippen LogP contribution in [0.3, 0.4) is 0 Å². The van der Waals surface area contributed by atoms with Gasteiger partial charge < -0.3 is 5.32 Å². The second kappa shape index (κ2) is 8.11. The van der Waals surface area contributed by atoms with E-state index in [0.29, 0.717) is 6.04 Å². The molecule has 2 aromatic rings. The smallest absolute Gasteiger partial charge is 0.0578 e. The van der Waals surface area contributed by atoms with E-state index in [1.54, 1.807) is 6.26 Å². The Labute approximate surface area is 130 Å². The first-order valence-corrected chi connectivity index (χ1v) is 9.05. The van der Waals surface area contributed by atoms with Crippen LogP contribution in [0.1, 0.15) is 30.5 Å². The molecule has 0 radical (unpaired) electrons. The third-order valence-electron chi connectivity index (χ3n) is 3.56. The van der Waals surface area contributed by atoms with E-state index in [1.165, 1.54) is 11.1 Å². The van der Waals surface area contributed by atoms with Crippen molar-refractivity contribution in [2.24, 2.45) is 0 Å². The van der Waals surface area contributed by atoms with Crippen LogP contribution in [-0.2, 0) is 10.8 Å². The average Bonchev–Trinajstić information content (AvgIpc) is 2.52. The van der Waals surface area contributed by atoms with Gasteiger partial charge in [0.15, 0.2) is 0 Å². The minimum absolute atomic E-state index is 0.174. The Bertz CT molecular complexity index is 516. The van der Waals surface area contributed by atoms with Gasteiger partial charge in [-0.2, -0.15) is 0 Å². The molecule has 0 aliphatic rings. The van der Waals surface area contributed by atoms with Crippen molar-refractivity contribution in [2.45, 2.75) is 25.4 Å². The van der Waals surface area contributed by atoms with Gasteiger partial charge in [0.05, 0.1) is 6.04 Å². The summed E-state index contributed by atoms with van der Waals surface area (Å²) < 4.78 is 11.3. The highest BCUT2D eigenvalue weighted by molar-refractivity contribution is 7.84. The quantitative estimate of drug-likeness (QED) is 0.848. The molecule has 0 aliphatic carbocycles. The summed E-state index contributed by atoms with van der Waals surface area (Å²) in [6.45, 7) is 2.16. The van der Waals surface area contributed by atoms with E-state index in [0.717, 1.165) is 12.2 Å². The zero-order chi connectivity index (χ0) is 15.1. The van der Waals surface area contributed by atoms with Crippen molar-refractivity contribution in [3.8, 4) is 0 Å². The lowest BCUT2D eigenvalue weighted by atomic mass is 9.97. The lowest BCUT2D eigenvalue weighted by molar-refractivity contribution is 0.488. The molecule has 0 fully saturated rings. The number of benzene rings is 2. The van der Waals surface area contributed by atoms with Crippen LogP contribution in [0.4, 0.5) is 0 Å². The Hall–Kier alpha value is -1.45. The van der Waals surface area contributed by atoms with Crippen LogP contribution in [0.5, 0.6) is 0 Å². The van der Waals surface area contributed by atoms with Crippen LogP contribution in [0.15, 0.2) is 60.7 Å². The molecular weight excluding hydrogens is 278 g/mol. The van der Waals surface area contributed by atoms with Crippen molar-refractivity contribution in [3.05, 3.63) is 71.8 Å². The maximum absolute atomic E-state index is 11.3. The summed E-state index contributed by atoms with van der Waals surface area (Å²) in [4.78, 5) is 0. The Morgan fingerprint density at radius 3 is 1.86 bits per heavy atom. The molecule has 2 atom stereocenters. The SMILES string of the molecule is CC(CCS(C)=O)NC(c1ccccc1)c1ccccc1. The summed E-state index contributed by atoms with van der Waals surface area (Å²) >= 11 is 0. The van der Waals surface area contributed by atoms with Crippen molar-refractivity contribution >= 4 is 10.8 Å². The fraction of sp³-hybridized carbons (Fsp3) is 0.333. The first-order valence-electron chi connectivity index (χ1n) is 7.33. The van der Waals surface area contributed by atoms with Crippen LogP contribution < -0.4 is 5.32 Å². The molecule has 1 N–H and O–H groups in total. The van der Waals surface area contributed by atoms with Gasteiger partial charge in [-0.1, -0.05) is 60.7 Å². The maximum Gasteiger partial charge on any atom is 0.0578 e. The molecular formula is C18H23NOS. The third-order valence-corrected chi connectivity index (χ3v) is 4.37. The number of hydrogen-bond donors (Lipinski definition) is 1. The van der Waals surface area contributed by atoms with Crippen LogP contribution in [-0.4, -0.2) is 22.3 Å². The van der Waals surface area contributed by atoms with E-state index in [2.05, 4.69) is 60.8 Å². The summed E-state index contributed by atoms with van der Waals surface area (Å²) in [6, 6.07) is 21.4. The van der Waals surface area contributed by atoms with Crippen LogP contribution >= 0.6 is 0 Å². The van der Waals surface area contributed by atoms with E-state index < -0.39 is 10.8 Å². The highest BCUT2D eigenvalue weighted by Gasteiger charge is 2.16. The average molecular weight is 301 g/mol. The Morgan fingerprint density at radius 1 is 0.952 bits per heavy atom. The molecule has 0 saturated heterocycles. The lowest BCUT2D eigenvalue weighted by Gasteiger charge is -2.24. The second-order valence-corrected chi connectivity index (χ2v) is 6.94. The van der Waals surface area contributed by atoms with E-state index in [-0.39, 0.29) is 6.04 Å². The van der Waals surface area contributed by atoms with Gasteiger partial charge in [0.1, 0.15) is 0 Å². The fourth-order valence-corrected chi connectivity index (χ4v) is 3.07. The maximum atomic E-state index is 11.3. The number of nitrogens with one attached hydrogen (secondary N) is 1. The molecule has 2 nitrogen and oxygen atoms in total. The molecule has 0 heterocycles. The summed E-state index contributed by atoms with van der Waals surface area (Å²) in [7, 11) is -0.730. The zero-order valence-corrected chi connectivity index (χ0v) is 13.5. The fourth-order valence-electron chi connectivity index (χ4n) is 2.39. The van der Waals surface area contributed by atoms with Crippen LogP contribution in [0.25, 0.3) is 0 Å². The van der Waals surface area contributed by atoms with Gasteiger partial charge in [0, 0.05) is 28.9 Å². The largest absolute Gasteiger partial charge is 0.304 e. The van der Waals surface area contributed by atoms with Crippen molar-refractivity contribution < 1.29 is 4.21 Å². The zero-order valence-electron chi connectivity index (χ0n) is 12.7. The summed E-state index contributed by atoms with van der Waals surface area (Å²) in [6.07, 6.45) is 2.68. The predicted octanol–water partition coefficient (Wildman–Crippen LogP) is 3.52. The minimum Gasteiger partial charge on any atom is -0.304 e. The second-order valence-electron chi connectivity index (χ2n) is 5.39. The molecule has 0 saturated carbocycles. The molecule has 0 aliphatic heterocycles. The minimum atomic E-state index is -0.730. The van der Waals surface area contributed by atoms with E-state index in [1.807, 2.05) is 12.1 Å². The molecule has 112 valence electrons. The lowest BCUT2D eigenvalue weighted by Crippen LogP contribution is -2.32. The van der Waals surface area contributed by atoms with Crippen LogP contribution in [0, 0.1) is 0 Å². The van der Waals surface area contributed by atoms with Gasteiger partial charge in [-0.25, -0.2) is 0 Å².